The van der Waals surface area contributed by atoms with E-state index in [1.807, 2.05) is 59.5 Å². The van der Waals surface area contributed by atoms with Crippen LogP contribution in [-0.2, 0) is 16.1 Å². The number of nitrogens with zero attached hydrogens (tertiary/aromatic N) is 1. The molecule has 2 aromatic rings. The summed E-state index contributed by atoms with van der Waals surface area (Å²) in [6.45, 7) is 3.40. The minimum Gasteiger partial charge on any atom is -0.351 e. The monoisotopic (exact) mass is 350 g/mol. The van der Waals surface area contributed by atoms with Crippen LogP contribution in [0.1, 0.15) is 49.7 Å². The first kappa shape index (κ1) is 18.2. The van der Waals surface area contributed by atoms with Crippen molar-refractivity contribution in [2.75, 3.05) is 11.4 Å². The molecule has 1 atom stereocenters. The molecule has 4 nitrogen and oxygen atoms in total. The van der Waals surface area contributed by atoms with Crippen LogP contribution in [0.2, 0.25) is 0 Å². The van der Waals surface area contributed by atoms with E-state index in [1.165, 1.54) is 0 Å². The summed E-state index contributed by atoms with van der Waals surface area (Å²) in [5.41, 5.74) is 3.04. The number of anilines is 1. The molecular formula is C22H26N2O2. The van der Waals surface area contributed by atoms with E-state index in [0.29, 0.717) is 13.0 Å². The Bertz CT molecular complexity index is 740. The van der Waals surface area contributed by atoms with Gasteiger partial charge in [0.1, 0.15) is 0 Å². The summed E-state index contributed by atoms with van der Waals surface area (Å²) in [6, 6.07) is 17.8. The largest absolute Gasteiger partial charge is 0.351 e. The Kier molecular flexibility index (Phi) is 6.05. The fourth-order valence-corrected chi connectivity index (χ4v) is 3.45. The van der Waals surface area contributed by atoms with Gasteiger partial charge in [-0.2, -0.15) is 0 Å². The Hall–Kier alpha value is -2.62. The van der Waals surface area contributed by atoms with E-state index in [0.717, 1.165) is 42.6 Å². The third-order valence-corrected chi connectivity index (χ3v) is 4.88. The van der Waals surface area contributed by atoms with E-state index in [9.17, 15) is 9.59 Å². The first-order chi connectivity index (χ1) is 12.7. The quantitative estimate of drug-likeness (QED) is 0.820. The number of carbonyl (C=O) groups excluding carboxylic acids is 2. The van der Waals surface area contributed by atoms with E-state index in [4.69, 9.17) is 0 Å². The summed E-state index contributed by atoms with van der Waals surface area (Å²) in [6.07, 6.45) is 3.36. The van der Waals surface area contributed by atoms with Crippen molar-refractivity contribution in [3.63, 3.8) is 0 Å². The maximum absolute atomic E-state index is 12.7. The fourth-order valence-electron chi connectivity index (χ4n) is 3.45. The maximum atomic E-state index is 12.7. The predicted octanol–water partition coefficient (Wildman–Crippen LogP) is 4.01. The normalized spacial score (nSPS) is 15.1. The molecule has 2 aromatic carbocycles. The summed E-state index contributed by atoms with van der Waals surface area (Å²) >= 11 is 0. The molecule has 3 rings (SSSR count). The van der Waals surface area contributed by atoms with Crippen LogP contribution in [-0.4, -0.2) is 18.4 Å². The number of amides is 2. The summed E-state index contributed by atoms with van der Waals surface area (Å²) in [7, 11) is 0. The average molecular weight is 350 g/mol. The summed E-state index contributed by atoms with van der Waals surface area (Å²) in [5.74, 6) is 0.149. The van der Waals surface area contributed by atoms with Crippen LogP contribution in [0.4, 0.5) is 5.69 Å². The highest BCUT2D eigenvalue weighted by Crippen LogP contribution is 2.23. The molecule has 4 heteroatoms. The van der Waals surface area contributed by atoms with Gasteiger partial charge >= 0.3 is 0 Å². The molecule has 1 heterocycles. The lowest BCUT2D eigenvalue weighted by Crippen LogP contribution is -2.29. The van der Waals surface area contributed by atoms with Gasteiger partial charge in [-0.05, 0) is 36.1 Å². The molecule has 26 heavy (non-hydrogen) atoms. The lowest BCUT2D eigenvalue weighted by atomic mass is 9.93. The van der Waals surface area contributed by atoms with Crippen LogP contribution in [0.25, 0.3) is 0 Å². The van der Waals surface area contributed by atoms with E-state index in [2.05, 4.69) is 12.2 Å². The van der Waals surface area contributed by atoms with E-state index < -0.39 is 0 Å². The number of hydrogen-bond donors (Lipinski definition) is 1. The highest BCUT2D eigenvalue weighted by Gasteiger charge is 2.22. The van der Waals surface area contributed by atoms with Crippen LogP contribution in [0, 0.1) is 0 Å². The lowest BCUT2D eigenvalue weighted by molar-refractivity contribution is -0.123. The predicted molar refractivity (Wildman–Crippen MR) is 104 cm³/mol. The van der Waals surface area contributed by atoms with Gasteiger partial charge in [0.05, 0.1) is 5.92 Å². The zero-order valence-electron chi connectivity index (χ0n) is 15.3. The molecule has 1 aliphatic rings. The van der Waals surface area contributed by atoms with Crippen LogP contribution in [0.3, 0.4) is 0 Å². The molecule has 0 bridgehead atoms. The molecule has 0 spiro atoms. The van der Waals surface area contributed by atoms with Gasteiger partial charge in [-0.15, -0.1) is 0 Å². The molecule has 0 aromatic heterocycles. The Morgan fingerprint density at radius 2 is 1.85 bits per heavy atom. The number of benzene rings is 2. The summed E-state index contributed by atoms with van der Waals surface area (Å²) < 4.78 is 0. The van der Waals surface area contributed by atoms with Gasteiger partial charge in [0.15, 0.2) is 0 Å². The lowest BCUT2D eigenvalue weighted by Gasteiger charge is -2.18. The third kappa shape index (κ3) is 4.31. The second kappa shape index (κ2) is 8.65. The smallest absolute Gasteiger partial charge is 0.227 e. The maximum Gasteiger partial charge on any atom is 0.227 e. The van der Waals surface area contributed by atoms with Crippen molar-refractivity contribution >= 4 is 17.5 Å². The first-order valence-corrected chi connectivity index (χ1v) is 9.41. The summed E-state index contributed by atoms with van der Waals surface area (Å²) in [5, 5.41) is 3.06. The van der Waals surface area contributed by atoms with Crippen molar-refractivity contribution in [3.05, 3.63) is 65.7 Å². The van der Waals surface area contributed by atoms with Crippen LogP contribution in [0.15, 0.2) is 54.6 Å². The van der Waals surface area contributed by atoms with Gasteiger partial charge in [0.25, 0.3) is 0 Å². The number of carbonyl (C=O) groups is 2. The highest BCUT2D eigenvalue weighted by atomic mass is 16.2. The minimum atomic E-state index is -0.109. The number of rotatable bonds is 7. The van der Waals surface area contributed by atoms with Crippen molar-refractivity contribution in [2.45, 2.75) is 45.1 Å². The minimum absolute atomic E-state index is 0.0665. The number of nitrogens with one attached hydrogen (secondary N) is 1. The van der Waals surface area contributed by atoms with Crippen LogP contribution >= 0.6 is 0 Å². The van der Waals surface area contributed by atoms with Crippen molar-refractivity contribution in [1.29, 1.82) is 0 Å². The van der Waals surface area contributed by atoms with Crippen molar-refractivity contribution in [1.82, 2.24) is 5.32 Å². The molecule has 0 saturated carbocycles. The molecular weight excluding hydrogens is 324 g/mol. The van der Waals surface area contributed by atoms with Gasteiger partial charge in [0, 0.05) is 25.2 Å². The zero-order valence-corrected chi connectivity index (χ0v) is 15.3. The second-order valence-corrected chi connectivity index (χ2v) is 6.79. The molecule has 136 valence electrons. The van der Waals surface area contributed by atoms with Crippen molar-refractivity contribution in [3.8, 4) is 0 Å². The molecule has 2 amide bonds. The molecule has 1 unspecified atom stereocenters. The van der Waals surface area contributed by atoms with E-state index >= 15 is 0 Å². The highest BCUT2D eigenvalue weighted by molar-refractivity contribution is 5.95. The van der Waals surface area contributed by atoms with Crippen molar-refractivity contribution < 1.29 is 9.59 Å². The van der Waals surface area contributed by atoms with E-state index in [-0.39, 0.29) is 17.7 Å². The second-order valence-electron chi connectivity index (χ2n) is 6.79. The van der Waals surface area contributed by atoms with Gasteiger partial charge < -0.3 is 10.2 Å². The first-order valence-electron chi connectivity index (χ1n) is 9.41. The van der Waals surface area contributed by atoms with Crippen LogP contribution < -0.4 is 10.2 Å². The standard InChI is InChI=1S/C22H26N2O2/c1-2-7-20(18-8-4-3-5-9-18)22(26)23-16-17-11-13-19(14-12-17)24-15-6-10-21(24)25/h3-5,8-9,11-14,20H,2,6-7,10,15-16H2,1H3,(H,23,26). The Balaban J connectivity index is 1.60. The zero-order chi connectivity index (χ0) is 18.4. The summed E-state index contributed by atoms with van der Waals surface area (Å²) in [4.78, 5) is 26.3. The average Bonchev–Trinajstić information content (AvgIpc) is 3.11. The molecule has 1 fully saturated rings. The molecule has 0 radical (unpaired) electrons. The number of hydrogen-bond acceptors (Lipinski definition) is 2. The van der Waals surface area contributed by atoms with Gasteiger partial charge in [-0.25, -0.2) is 0 Å². The van der Waals surface area contributed by atoms with Crippen molar-refractivity contribution in [2.24, 2.45) is 0 Å². The Morgan fingerprint density at radius 1 is 1.12 bits per heavy atom. The Labute approximate surface area is 155 Å². The van der Waals surface area contributed by atoms with Crippen LogP contribution in [0.5, 0.6) is 0 Å². The molecule has 1 saturated heterocycles. The molecule has 1 N–H and O–H groups in total. The van der Waals surface area contributed by atoms with Gasteiger partial charge in [0.2, 0.25) is 11.8 Å². The molecule has 1 aliphatic heterocycles. The van der Waals surface area contributed by atoms with Gasteiger partial charge in [-0.1, -0.05) is 55.8 Å². The fraction of sp³-hybridized carbons (Fsp3) is 0.364. The Morgan fingerprint density at radius 3 is 2.46 bits per heavy atom. The molecule has 0 aliphatic carbocycles. The third-order valence-electron chi connectivity index (χ3n) is 4.88. The van der Waals surface area contributed by atoms with E-state index in [1.54, 1.807) is 0 Å². The van der Waals surface area contributed by atoms with Gasteiger partial charge in [-0.3, -0.25) is 9.59 Å². The SMILES string of the molecule is CCCC(C(=O)NCc1ccc(N2CCCC2=O)cc1)c1ccccc1. The topological polar surface area (TPSA) is 49.4 Å².